The number of carbonyl (C=O) groups excluding carboxylic acids is 1. The van der Waals surface area contributed by atoms with E-state index in [0.29, 0.717) is 17.0 Å². The maximum absolute atomic E-state index is 12.7. The molecule has 1 aliphatic rings. The van der Waals surface area contributed by atoms with Crippen LogP contribution in [0.5, 0.6) is 17.2 Å². The van der Waals surface area contributed by atoms with Crippen molar-refractivity contribution in [1.29, 1.82) is 0 Å². The highest BCUT2D eigenvalue weighted by Crippen LogP contribution is 2.31. The van der Waals surface area contributed by atoms with Gasteiger partial charge in [0.15, 0.2) is 11.5 Å². The predicted octanol–water partition coefficient (Wildman–Crippen LogP) is 3.73. The first-order valence-electron chi connectivity index (χ1n) is 11.2. The molecule has 176 valence electrons. The molecule has 4 rings (SSSR count). The molecule has 0 saturated carbocycles. The van der Waals surface area contributed by atoms with E-state index >= 15 is 0 Å². The van der Waals surface area contributed by atoms with Crippen molar-refractivity contribution < 1.29 is 19.4 Å². The monoisotopic (exact) mass is 459 g/mol. The summed E-state index contributed by atoms with van der Waals surface area (Å²) in [5.74, 6) is 0.881. The van der Waals surface area contributed by atoms with Gasteiger partial charge in [-0.1, -0.05) is 42.5 Å². The maximum Gasteiger partial charge on any atom is 0.248 e. The zero-order chi connectivity index (χ0) is 23.8. The van der Waals surface area contributed by atoms with Gasteiger partial charge < -0.3 is 30.5 Å². The summed E-state index contributed by atoms with van der Waals surface area (Å²) in [7, 11) is 1.49. The van der Waals surface area contributed by atoms with E-state index in [9.17, 15) is 9.90 Å². The molecular weight excluding hydrogens is 430 g/mol. The van der Waals surface area contributed by atoms with Gasteiger partial charge in [0, 0.05) is 37.0 Å². The number of piperazine rings is 1. The van der Waals surface area contributed by atoms with E-state index in [-0.39, 0.29) is 23.8 Å². The Balaban J connectivity index is 1.54. The first kappa shape index (κ1) is 23.4. The number of amides is 1. The van der Waals surface area contributed by atoms with E-state index in [2.05, 4.69) is 16.0 Å². The fraction of sp³-hybridized carbons (Fsp3) is 0.222. The van der Waals surface area contributed by atoms with Crippen molar-refractivity contribution in [3.63, 3.8) is 0 Å². The van der Waals surface area contributed by atoms with Gasteiger partial charge in [0.1, 0.15) is 11.9 Å². The van der Waals surface area contributed by atoms with Crippen LogP contribution in [-0.4, -0.2) is 43.8 Å². The molecule has 0 aromatic heterocycles. The Hall–Kier alpha value is -3.81. The van der Waals surface area contributed by atoms with Gasteiger partial charge in [0.25, 0.3) is 0 Å². The molecule has 2 unspecified atom stereocenters. The number of carbonyl (C=O) groups is 1. The Kier molecular flexibility index (Phi) is 7.80. The minimum atomic E-state index is -0.311. The smallest absolute Gasteiger partial charge is 0.248 e. The number of benzene rings is 3. The molecule has 0 bridgehead atoms. The number of para-hydroxylation sites is 2. The topological polar surface area (TPSA) is 91.9 Å². The van der Waals surface area contributed by atoms with Crippen LogP contribution in [0.25, 0.3) is 6.08 Å². The van der Waals surface area contributed by atoms with Crippen molar-refractivity contribution in [3.05, 3.63) is 90.0 Å². The number of aromatic hydroxyl groups is 1. The van der Waals surface area contributed by atoms with Crippen LogP contribution in [0, 0.1) is 0 Å². The fourth-order valence-electron chi connectivity index (χ4n) is 3.91. The lowest BCUT2D eigenvalue weighted by Crippen LogP contribution is -2.52. The van der Waals surface area contributed by atoms with Crippen LogP contribution in [0.4, 0.5) is 5.69 Å². The Morgan fingerprint density at radius 1 is 1.09 bits per heavy atom. The molecule has 0 radical (unpaired) electrons. The van der Waals surface area contributed by atoms with Gasteiger partial charge in [-0.2, -0.15) is 0 Å². The minimum Gasteiger partial charge on any atom is -0.504 e. The number of ether oxygens (including phenoxy) is 2. The predicted molar refractivity (Wildman–Crippen MR) is 133 cm³/mol. The summed E-state index contributed by atoms with van der Waals surface area (Å²) in [6.45, 7) is 2.49. The number of phenolic OH excluding ortho intramolecular Hbond substituents is 1. The van der Waals surface area contributed by atoms with Crippen molar-refractivity contribution in [3.8, 4) is 17.2 Å². The zero-order valence-electron chi connectivity index (χ0n) is 19.0. The van der Waals surface area contributed by atoms with Crippen molar-refractivity contribution >= 4 is 17.7 Å². The molecule has 3 aromatic carbocycles. The number of phenols is 1. The maximum atomic E-state index is 12.7. The number of hydrogen-bond donors (Lipinski definition) is 4. The van der Waals surface area contributed by atoms with Crippen LogP contribution in [0.15, 0.2) is 78.9 Å². The summed E-state index contributed by atoms with van der Waals surface area (Å²) in [4.78, 5) is 12.7. The van der Waals surface area contributed by atoms with Crippen LogP contribution >= 0.6 is 0 Å². The lowest BCUT2D eigenvalue weighted by atomic mass is 9.98. The summed E-state index contributed by atoms with van der Waals surface area (Å²) in [6, 6.07) is 22.4. The van der Waals surface area contributed by atoms with Crippen LogP contribution in [-0.2, 0) is 4.79 Å². The SMILES string of the molecule is COc1ccc(/C=C/C(=O)Nc2ccccc2C(Oc2ccccc2)C2CNCCN2)cc1O. The molecule has 34 heavy (non-hydrogen) atoms. The number of hydrogen-bond acceptors (Lipinski definition) is 6. The van der Waals surface area contributed by atoms with E-state index in [0.717, 1.165) is 30.9 Å². The molecule has 2 atom stereocenters. The Bertz CT molecular complexity index is 1130. The fourth-order valence-corrected chi connectivity index (χ4v) is 3.91. The van der Waals surface area contributed by atoms with Gasteiger partial charge in [-0.3, -0.25) is 4.79 Å². The average Bonchev–Trinajstić information content (AvgIpc) is 2.88. The minimum absolute atomic E-state index is 0.0184. The summed E-state index contributed by atoms with van der Waals surface area (Å²) < 4.78 is 11.5. The largest absolute Gasteiger partial charge is 0.504 e. The van der Waals surface area contributed by atoms with Gasteiger partial charge in [-0.05, 0) is 42.0 Å². The van der Waals surface area contributed by atoms with Gasteiger partial charge in [-0.25, -0.2) is 0 Å². The van der Waals surface area contributed by atoms with Gasteiger partial charge in [0.2, 0.25) is 5.91 Å². The molecule has 0 aliphatic carbocycles. The second-order valence-electron chi connectivity index (χ2n) is 7.96. The number of anilines is 1. The number of nitrogens with one attached hydrogen (secondary N) is 3. The molecule has 1 fully saturated rings. The van der Waals surface area contributed by atoms with Crippen LogP contribution in [0.1, 0.15) is 17.2 Å². The first-order chi connectivity index (χ1) is 16.6. The summed E-state index contributed by atoms with van der Waals surface area (Å²) in [6.07, 6.45) is 2.77. The van der Waals surface area contributed by atoms with Crippen LogP contribution < -0.4 is 25.4 Å². The van der Waals surface area contributed by atoms with E-state index in [1.807, 2.05) is 54.6 Å². The molecule has 1 aliphatic heterocycles. The average molecular weight is 460 g/mol. The van der Waals surface area contributed by atoms with Crippen LogP contribution in [0.3, 0.4) is 0 Å². The molecule has 7 heteroatoms. The van der Waals surface area contributed by atoms with E-state index in [4.69, 9.17) is 9.47 Å². The second kappa shape index (κ2) is 11.4. The van der Waals surface area contributed by atoms with Gasteiger partial charge in [-0.15, -0.1) is 0 Å². The summed E-state index contributed by atoms with van der Waals surface area (Å²) in [5.41, 5.74) is 2.25. The Morgan fingerprint density at radius 3 is 2.62 bits per heavy atom. The first-order valence-corrected chi connectivity index (χ1v) is 11.2. The van der Waals surface area contributed by atoms with Crippen LogP contribution in [0.2, 0.25) is 0 Å². The van der Waals surface area contributed by atoms with Gasteiger partial charge in [0.05, 0.1) is 13.2 Å². The van der Waals surface area contributed by atoms with Crippen molar-refractivity contribution in [2.24, 2.45) is 0 Å². The molecule has 0 spiro atoms. The standard InChI is InChI=1S/C27H29N3O4/c1-33-25-13-11-19(17-24(25)31)12-14-26(32)30-22-10-6-5-9-21(22)27(23-18-28-15-16-29-23)34-20-7-3-2-4-8-20/h2-14,17,23,27-29,31H,15-16,18H2,1H3,(H,30,32)/b14-12+. The molecule has 1 amide bonds. The third kappa shape index (κ3) is 5.95. The second-order valence-corrected chi connectivity index (χ2v) is 7.96. The highest BCUT2D eigenvalue weighted by Gasteiger charge is 2.28. The molecule has 7 nitrogen and oxygen atoms in total. The highest BCUT2D eigenvalue weighted by atomic mass is 16.5. The molecule has 3 aromatic rings. The molecule has 1 heterocycles. The zero-order valence-corrected chi connectivity index (χ0v) is 19.0. The van der Waals surface area contributed by atoms with Crippen molar-refractivity contribution in [2.45, 2.75) is 12.1 Å². The van der Waals surface area contributed by atoms with E-state index in [1.54, 1.807) is 24.3 Å². The third-order valence-electron chi connectivity index (χ3n) is 5.60. The van der Waals surface area contributed by atoms with Crippen molar-refractivity contribution in [2.75, 3.05) is 32.1 Å². The number of methoxy groups -OCH3 is 1. The lowest BCUT2D eigenvalue weighted by molar-refractivity contribution is -0.111. The molecule has 1 saturated heterocycles. The normalized spacial score (nSPS) is 16.7. The molecule has 4 N–H and O–H groups in total. The highest BCUT2D eigenvalue weighted by molar-refractivity contribution is 6.02. The van der Waals surface area contributed by atoms with E-state index in [1.165, 1.54) is 13.2 Å². The van der Waals surface area contributed by atoms with Crippen molar-refractivity contribution in [1.82, 2.24) is 10.6 Å². The quantitative estimate of drug-likeness (QED) is 0.384. The lowest BCUT2D eigenvalue weighted by Gasteiger charge is -2.33. The number of rotatable bonds is 8. The third-order valence-corrected chi connectivity index (χ3v) is 5.60. The Morgan fingerprint density at radius 2 is 1.88 bits per heavy atom. The Labute approximate surface area is 199 Å². The summed E-state index contributed by atoms with van der Waals surface area (Å²) >= 11 is 0. The molecular formula is C27H29N3O4. The summed E-state index contributed by atoms with van der Waals surface area (Å²) in [5, 5.41) is 19.9. The van der Waals surface area contributed by atoms with Gasteiger partial charge >= 0.3 is 0 Å². The van der Waals surface area contributed by atoms with E-state index < -0.39 is 0 Å².